The molecule has 1 aliphatic rings. The van der Waals surface area contributed by atoms with Gasteiger partial charge in [0, 0.05) is 18.3 Å². The number of hydrogen-bond acceptors (Lipinski definition) is 4. The van der Waals surface area contributed by atoms with Crippen molar-refractivity contribution >= 4 is 18.2 Å². The zero-order valence-corrected chi connectivity index (χ0v) is 8.56. The van der Waals surface area contributed by atoms with Crippen molar-refractivity contribution in [1.82, 2.24) is 9.97 Å². The highest BCUT2D eigenvalue weighted by Crippen LogP contribution is 2.24. The molecule has 0 amide bonds. The number of aromatic amines is 1. The third kappa shape index (κ3) is 1.55. The van der Waals surface area contributed by atoms with Gasteiger partial charge in [-0.05, 0) is 24.2 Å². The molecule has 0 radical (unpaired) electrons. The second-order valence-electron chi connectivity index (χ2n) is 3.32. The number of nitrogens with zero attached hydrogens (tertiary/aromatic N) is 1. The number of methoxy groups -OCH3 is 1. The lowest BCUT2D eigenvalue weighted by Crippen LogP contribution is -2.16. The molecule has 0 bridgehead atoms. The minimum atomic E-state index is -0.166. The zero-order chi connectivity index (χ0) is 10.1. The second kappa shape index (κ2) is 3.49. The van der Waals surface area contributed by atoms with Gasteiger partial charge in [-0.1, -0.05) is 0 Å². The first kappa shape index (κ1) is 9.33. The van der Waals surface area contributed by atoms with Gasteiger partial charge in [-0.15, -0.1) is 0 Å². The van der Waals surface area contributed by atoms with Crippen LogP contribution in [0.25, 0.3) is 0 Å². The lowest BCUT2D eigenvalue weighted by atomic mass is 10.1. The Kier molecular flexibility index (Phi) is 2.33. The molecule has 0 aliphatic heterocycles. The number of H-pyrrole nitrogens is 1. The van der Waals surface area contributed by atoms with Crippen LogP contribution in [-0.4, -0.2) is 23.0 Å². The number of carbonyl (C=O) groups excluding carboxylic acids is 1. The molecule has 4 nitrogen and oxygen atoms in total. The number of hydrogen-bond donors (Lipinski definition) is 1. The van der Waals surface area contributed by atoms with Crippen molar-refractivity contribution in [3.05, 3.63) is 22.2 Å². The second-order valence-corrected chi connectivity index (χ2v) is 3.71. The monoisotopic (exact) mass is 210 g/mol. The molecule has 0 saturated heterocycles. The standard InChI is InChI=1S/C9H10N2O2S/c1-13-8(12)5-2-6-4-10-9(14)11-7(6)3-5/h4-5H,2-3H2,1H3,(H,10,11,14). The molecular weight excluding hydrogens is 200 g/mol. The topological polar surface area (TPSA) is 55.0 Å². The number of fused-ring (bicyclic) bond motifs is 1. The highest BCUT2D eigenvalue weighted by molar-refractivity contribution is 7.71. The molecule has 0 saturated carbocycles. The van der Waals surface area contributed by atoms with Gasteiger partial charge in [0.15, 0.2) is 4.77 Å². The van der Waals surface area contributed by atoms with Crippen molar-refractivity contribution in [3.63, 3.8) is 0 Å². The molecule has 0 aromatic carbocycles. The molecule has 14 heavy (non-hydrogen) atoms. The molecule has 74 valence electrons. The van der Waals surface area contributed by atoms with Crippen LogP contribution in [-0.2, 0) is 22.4 Å². The van der Waals surface area contributed by atoms with Gasteiger partial charge < -0.3 is 9.72 Å². The predicted molar refractivity (Wildman–Crippen MR) is 52.3 cm³/mol. The Balaban J connectivity index is 2.26. The fraction of sp³-hybridized carbons (Fsp3) is 0.444. The van der Waals surface area contributed by atoms with Crippen molar-refractivity contribution in [2.75, 3.05) is 7.11 Å². The molecule has 1 aliphatic carbocycles. The first-order valence-corrected chi connectivity index (χ1v) is 4.76. The van der Waals surface area contributed by atoms with Crippen LogP contribution >= 0.6 is 12.2 Å². The van der Waals surface area contributed by atoms with Crippen LogP contribution in [0.15, 0.2) is 6.20 Å². The van der Waals surface area contributed by atoms with Crippen LogP contribution in [0.5, 0.6) is 0 Å². The van der Waals surface area contributed by atoms with Gasteiger partial charge >= 0.3 is 5.97 Å². The van der Waals surface area contributed by atoms with Crippen molar-refractivity contribution in [1.29, 1.82) is 0 Å². The highest BCUT2D eigenvalue weighted by atomic mass is 32.1. The minimum Gasteiger partial charge on any atom is -0.469 e. The summed E-state index contributed by atoms with van der Waals surface area (Å²) in [6.45, 7) is 0. The molecule has 0 fully saturated rings. The molecule has 1 aromatic heterocycles. The quantitative estimate of drug-likeness (QED) is 0.555. The fourth-order valence-corrected chi connectivity index (χ4v) is 1.91. The van der Waals surface area contributed by atoms with E-state index in [2.05, 4.69) is 9.97 Å². The molecule has 1 atom stereocenters. The summed E-state index contributed by atoms with van der Waals surface area (Å²) in [5.74, 6) is -0.245. The smallest absolute Gasteiger partial charge is 0.309 e. The number of carbonyl (C=O) groups is 1. The van der Waals surface area contributed by atoms with Crippen LogP contribution in [0, 0.1) is 10.7 Å². The molecule has 5 heteroatoms. The van der Waals surface area contributed by atoms with E-state index in [1.807, 2.05) is 0 Å². The highest BCUT2D eigenvalue weighted by Gasteiger charge is 2.28. The number of nitrogens with one attached hydrogen (secondary N) is 1. The number of esters is 1. The summed E-state index contributed by atoms with van der Waals surface area (Å²) in [6.07, 6.45) is 3.10. The maximum atomic E-state index is 11.3. The summed E-state index contributed by atoms with van der Waals surface area (Å²) in [4.78, 5) is 18.3. The predicted octanol–water partition coefficient (Wildman–Crippen LogP) is 1.03. The average Bonchev–Trinajstić information content (AvgIpc) is 2.59. The van der Waals surface area contributed by atoms with Gasteiger partial charge in [0.05, 0.1) is 13.0 Å². The number of ether oxygens (including phenoxy) is 1. The Morgan fingerprint density at radius 1 is 1.71 bits per heavy atom. The van der Waals surface area contributed by atoms with Gasteiger partial charge in [0.25, 0.3) is 0 Å². The van der Waals surface area contributed by atoms with Gasteiger partial charge in [-0.2, -0.15) is 0 Å². The zero-order valence-electron chi connectivity index (χ0n) is 7.74. The lowest BCUT2D eigenvalue weighted by Gasteiger charge is -2.03. The van der Waals surface area contributed by atoms with Crippen LogP contribution in [0.3, 0.4) is 0 Å². The van der Waals surface area contributed by atoms with E-state index >= 15 is 0 Å². The molecule has 0 spiro atoms. The molecule has 1 unspecified atom stereocenters. The fourth-order valence-electron chi connectivity index (χ4n) is 1.73. The van der Waals surface area contributed by atoms with E-state index in [9.17, 15) is 4.79 Å². The molecule has 1 aromatic rings. The van der Waals surface area contributed by atoms with E-state index in [-0.39, 0.29) is 11.9 Å². The van der Waals surface area contributed by atoms with Gasteiger partial charge in [0.2, 0.25) is 0 Å². The summed E-state index contributed by atoms with van der Waals surface area (Å²) in [7, 11) is 1.41. The van der Waals surface area contributed by atoms with Gasteiger partial charge in [0.1, 0.15) is 0 Å². The maximum Gasteiger partial charge on any atom is 0.309 e. The van der Waals surface area contributed by atoms with Gasteiger partial charge in [-0.25, -0.2) is 4.98 Å². The van der Waals surface area contributed by atoms with Crippen LogP contribution < -0.4 is 0 Å². The molecule has 2 rings (SSSR count). The summed E-state index contributed by atoms with van der Waals surface area (Å²) in [5, 5.41) is 0. The van der Waals surface area contributed by atoms with Crippen molar-refractivity contribution in [2.24, 2.45) is 5.92 Å². The van der Waals surface area contributed by atoms with E-state index in [0.29, 0.717) is 17.6 Å². The Morgan fingerprint density at radius 2 is 2.50 bits per heavy atom. The maximum absolute atomic E-state index is 11.3. The Labute approximate surface area is 86.3 Å². The van der Waals surface area contributed by atoms with E-state index < -0.39 is 0 Å². The normalized spacial score (nSPS) is 19.1. The summed E-state index contributed by atoms with van der Waals surface area (Å²) in [6, 6.07) is 0. The first-order chi connectivity index (χ1) is 6.70. The first-order valence-electron chi connectivity index (χ1n) is 4.35. The molecule has 1 heterocycles. The average molecular weight is 210 g/mol. The van der Waals surface area contributed by atoms with Crippen molar-refractivity contribution in [2.45, 2.75) is 12.8 Å². The minimum absolute atomic E-state index is 0.0788. The molecular formula is C9H10N2O2S. The van der Waals surface area contributed by atoms with E-state index in [1.54, 1.807) is 6.20 Å². The molecule has 1 N–H and O–H groups in total. The van der Waals surface area contributed by atoms with E-state index in [4.69, 9.17) is 17.0 Å². The Bertz CT molecular complexity index is 427. The largest absolute Gasteiger partial charge is 0.469 e. The third-order valence-electron chi connectivity index (χ3n) is 2.43. The van der Waals surface area contributed by atoms with E-state index in [1.165, 1.54) is 7.11 Å². The summed E-state index contributed by atoms with van der Waals surface area (Å²) < 4.78 is 5.16. The van der Waals surface area contributed by atoms with Crippen molar-refractivity contribution in [3.8, 4) is 0 Å². The Hall–Kier alpha value is -1.23. The van der Waals surface area contributed by atoms with E-state index in [0.717, 1.165) is 11.3 Å². The van der Waals surface area contributed by atoms with Crippen LogP contribution in [0.2, 0.25) is 0 Å². The Morgan fingerprint density at radius 3 is 3.21 bits per heavy atom. The lowest BCUT2D eigenvalue weighted by molar-refractivity contribution is -0.145. The van der Waals surface area contributed by atoms with Crippen molar-refractivity contribution < 1.29 is 9.53 Å². The summed E-state index contributed by atoms with van der Waals surface area (Å²) in [5.41, 5.74) is 2.08. The third-order valence-corrected chi connectivity index (χ3v) is 2.64. The number of aromatic nitrogens is 2. The van der Waals surface area contributed by atoms with Crippen LogP contribution in [0.1, 0.15) is 11.3 Å². The summed E-state index contributed by atoms with van der Waals surface area (Å²) >= 11 is 4.90. The van der Waals surface area contributed by atoms with Crippen LogP contribution in [0.4, 0.5) is 0 Å². The SMILES string of the molecule is COC(=O)C1Cc2cnc(=S)[nH]c2C1. The van der Waals surface area contributed by atoms with Gasteiger partial charge in [-0.3, -0.25) is 4.79 Å². The number of rotatable bonds is 1.